The van der Waals surface area contributed by atoms with Gasteiger partial charge in [-0.3, -0.25) is 9.59 Å². The van der Waals surface area contributed by atoms with Gasteiger partial charge in [0.15, 0.2) is 0 Å². The number of para-hydroxylation sites is 1. The van der Waals surface area contributed by atoms with Crippen LogP contribution in [0.2, 0.25) is 0 Å². The molecular formula is C22H25BrN2O3. The first-order chi connectivity index (χ1) is 13.6. The molecule has 2 amide bonds. The summed E-state index contributed by atoms with van der Waals surface area (Å²) in [6, 6.07) is 17.1. The maximum absolute atomic E-state index is 12.5. The summed E-state index contributed by atoms with van der Waals surface area (Å²) >= 11 is 3.43. The zero-order chi connectivity index (χ0) is 19.8. The summed E-state index contributed by atoms with van der Waals surface area (Å²) in [5.41, 5.74) is 1.02. The van der Waals surface area contributed by atoms with Gasteiger partial charge in [0.05, 0.1) is 11.1 Å². The summed E-state index contributed by atoms with van der Waals surface area (Å²) in [5.74, 6) is 0.514. The number of hydrogen-bond acceptors (Lipinski definition) is 3. The largest absolute Gasteiger partial charge is 0.492 e. The Morgan fingerprint density at radius 3 is 2.50 bits per heavy atom. The quantitative estimate of drug-likeness (QED) is 0.549. The van der Waals surface area contributed by atoms with Crippen LogP contribution in [-0.4, -0.2) is 30.5 Å². The van der Waals surface area contributed by atoms with Crippen molar-refractivity contribution in [2.45, 2.75) is 44.2 Å². The van der Waals surface area contributed by atoms with Gasteiger partial charge in [0.1, 0.15) is 11.8 Å². The fourth-order valence-corrected chi connectivity index (χ4v) is 3.23. The number of carbonyl (C=O) groups excluding carboxylic acids is 2. The van der Waals surface area contributed by atoms with Crippen LogP contribution in [0.15, 0.2) is 59.1 Å². The molecule has 5 nitrogen and oxygen atoms in total. The molecule has 28 heavy (non-hydrogen) atoms. The Labute approximate surface area is 174 Å². The molecule has 0 bridgehead atoms. The van der Waals surface area contributed by atoms with E-state index in [0.29, 0.717) is 25.9 Å². The molecule has 1 aliphatic carbocycles. The average molecular weight is 445 g/mol. The van der Waals surface area contributed by atoms with Crippen LogP contribution in [0.1, 0.15) is 31.2 Å². The van der Waals surface area contributed by atoms with Gasteiger partial charge in [-0.15, -0.1) is 0 Å². The van der Waals surface area contributed by atoms with E-state index in [-0.39, 0.29) is 17.9 Å². The number of carbonyl (C=O) groups is 2. The number of ether oxygens (including phenoxy) is 1. The number of rotatable bonds is 10. The van der Waals surface area contributed by atoms with Crippen molar-refractivity contribution in [2.75, 3.05) is 6.61 Å². The van der Waals surface area contributed by atoms with Gasteiger partial charge in [0.25, 0.3) is 0 Å². The van der Waals surface area contributed by atoms with E-state index in [0.717, 1.165) is 28.6 Å². The molecule has 148 valence electrons. The van der Waals surface area contributed by atoms with Gasteiger partial charge < -0.3 is 15.4 Å². The smallest absolute Gasteiger partial charge is 0.243 e. The summed E-state index contributed by atoms with van der Waals surface area (Å²) in [4.78, 5) is 24.9. The lowest BCUT2D eigenvalue weighted by molar-refractivity contribution is -0.129. The molecule has 1 aliphatic rings. The molecule has 0 aromatic heterocycles. The van der Waals surface area contributed by atoms with Crippen LogP contribution in [0, 0.1) is 0 Å². The van der Waals surface area contributed by atoms with Crippen molar-refractivity contribution in [3.63, 3.8) is 0 Å². The molecule has 0 saturated heterocycles. The highest BCUT2D eigenvalue weighted by molar-refractivity contribution is 9.10. The number of halogens is 1. The molecule has 0 radical (unpaired) electrons. The normalized spacial score (nSPS) is 14.2. The Morgan fingerprint density at radius 1 is 1.07 bits per heavy atom. The molecule has 0 spiro atoms. The van der Waals surface area contributed by atoms with Crippen molar-refractivity contribution < 1.29 is 14.3 Å². The lowest BCUT2D eigenvalue weighted by Crippen LogP contribution is -2.48. The third-order valence-electron chi connectivity index (χ3n) is 4.50. The van der Waals surface area contributed by atoms with E-state index < -0.39 is 6.04 Å². The Hall–Kier alpha value is -2.34. The maximum Gasteiger partial charge on any atom is 0.243 e. The summed E-state index contributed by atoms with van der Waals surface area (Å²) in [6.07, 6.45) is 3.41. The maximum atomic E-state index is 12.5. The van der Waals surface area contributed by atoms with Crippen LogP contribution in [-0.2, 0) is 16.0 Å². The first-order valence-corrected chi connectivity index (χ1v) is 10.4. The van der Waals surface area contributed by atoms with Crippen LogP contribution in [0.3, 0.4) is 0 Å². The SMILES string of the molecule is O=C(CCCOc1ccccc1Br)NC(Cc1ccccc1)C(=O)NC1CC1. The molecule has 3 rings (SSSR count). The van der Waals surface area contributed by atoms with Crippen LogP contribution in [0.5, 0.6) is 5.75 Å². The average Bonchev–Trinajstić information content (AvgIpc) is 3.51. The molecule has 1 fully saturated rings. The Kier molecular flexibility index (Phi) is 7.48. The fraction of sp³-hybridized carbons (Fsp3) is 0.364. The zero-order valence-electron chi connectivity index (χ0n) is 15.7. The zero-order valence-corrected chi connectivity index (χ0v) is 17.3. The fourth-order valence-electron chi connectivity index (χ4n) is 2.83. The minimum atomic E-state index is -0.556. The van der Waals surface area contributed by atoms with E-state index in [1.807, 2.05) is 54.6 Å². The highest BCUT2D eigenvalue weighted by Gasteiger charge is 2.28. The third kappa shape index (κ3) is 6.68. The minimum absolute atomic E-state index is 0.107. The highest BCUT2D eigenvalue weighted by atomic mass is 79.9. The Morgan fingerprint density at radius 2 is 1.79 bits per heavy atom. The monoisotopic (exact) mass is 444 g/mol. The molecule has 2 N–H and O–H groups in total. The second-order valence-corrected chi connectivity index (χ2v) is 7.83. The van der Waals surface area contributed by atoms with Crippen molar-refractivity contribution in [3.8, 4) is 5.75 Å². The van der Waals surface area contributed by atoms with Gasteiger partial charge >= 0.3 is 0 Å². The first kappa shape index (κ1) is 20.4. The second-order valence-electron chi connectivity index (χ2n) is 6.98. The highest BCUT2D eigenvalue weighted by Crippen LogP contribution is 2.23. The van der Waals surface area contributed by atoms with E-state index >= 15 is 0 Å². The molecule has 0 heterocycles. The van der Waals surface area contributed by atoms with Crippen molar-refractivity contribution >= 4 is 27.7 Å². The van der Waals surface area contributed by atoms with Gasteiger partial charge in [-0.2, -0.15) is 0 Å². The standard InChI is InChI=1S/C22H25BrN2O3/c23-18-9-4-5-10-20(18)28-14-6-11-21(26)25-19(22(27)24-17-12-13-17)15-16-7-2-1-3-8-16/h1-5,7-10,17,19H,6,11-15H2,(H,24,27)(H,25,26). The second kappa shape index (κ2) is 10.3. The van der Waals surface area contributed by atoms with Crippen molar-refractivity contribution in [1.82, 2.24) is 10.6 Å². The molecule has 1 unspecified atom stereocenters. The first-order valence-electron chi connectivity index (χ1n) is 9.63. The van der Waals surface area contributed by atoms with Gasteiger partial charge in [0.2, 0.25) is 11.8 Å². The summed E-state index contributed by atoms with van der Waals surface area (Å²) in [6.45, 7) is 0.438. The Balaban J connectivity index is 1.47. The topological polar surface area (TPSA) is 67.4 Å². The number of amides is 2. The lowest BCUT2D eigenvalue weighted by atomic mass is 10.0. The van der Waals surface area contributed by atoms with Crippen LogP contribution < -0.4 is 15.4 Å². The van der Waals surface area contributed by atoms with Crippen LogP contribution >= 0.6 is 15.9 Å². The van der Waals surface area contributed by atoms with Crippen molar-refractivity contribution in [1.29, 1.82) is 0 Å². The third-order valence-corrected chi connectivity index (χ3v) is 5.16. The summed E-state index contributed by atoms with van der Waals surface area (Å²) < 4.78 is 6.58. The van der Waals surface area contributed by atoms with Crippen molar-refractivity contribution in [3.05, 3.63) is 64.6 Å². The lowest BCUT2D eigenvalue weighted by Gasteiger charge is -2.19. The van der Waals surface area contributed by atoms with E-state index in [4.69, 9.17) is 4.74 Å². The minimum Gasteiger partial charge on any atom is -0.492 e. The number of nitrogens with one attached hydrogen (secondary N) is 2. The molecule has 1 saturated carbocycles. The predicted octanol–water partition coefficient (Wildman–Crippen LogP) is 3.61. The molecule has 1 atom stereocenters. The molecular weight excluding hydrogens is 420 g/mol. The summed E-state index contributed by atoms with van der Waals surface area (Å²) in [5, 5.41) is 5.88. The van der Waals surface area contributed by atoms with E-state index in [9.17, 15) is 9.59 Å². The predicted molar refractivity (Wildman–Crippen MR) is 112 cm³/mol. The van der Waals surface area contributed by atoms with Gasteiger partial charge in [0, 0.05) is 18.9 Å². The van der Waals surface area contributed by atoms with Gasteiger partial charge in [-0.05, 0) is 52.9 Å². The number of hydrogen-bond donors (Lipinski definition) is 2. The number of benzene rings is 2. The molecule has 2 aromatic rings. The van der Waals surface area contributed by atoms with Crippen LogP contribution in [0.25, 0.3) is 0 Å². The van der Waals surface area contributed by atoms with E-state index in [1.165, 1.54) is 0 Å². The Bertz CT molecular complexity index is 793. The molecule has 2 aromatic carbocycles. The molecule has 0 aliphatic heterocycles. The van der Waals surface area contributed by atoms with Gasteiger partial charge in [-0.1, -0.05) is 42.5 Å². The van der Waals surface area contributed by atoms with Crippen LogP contribution in [0.4, 0.5) is 0 Å². The van der Waals surface area contributed by atoms with E-state index in [2.05, 4.69) is 26.6 Å². The summed E-state index contributed by atoms with van der Waals surface area (Å²) in [7, 11) is 0. The van der Waals surface area contributed by atoms with Crippen molar-refractivity contribution in [2.24, 2.45) is 0 Å². The molecule has 6 heteroatoms. The van der Waals surface area contributed by atoms with Gasteiger partial charge in [-0.25, -0.2) is 0 Å². The van der Waals surface area contributed by atoms with E-state index in [1.54, 1.807) is 0 Å².